The summed E-state index contributed by atoms with van der Waals surface area (Å²) in [5.41, 5.74) is 5.92. The van der Waals surface area contributed by atoms with E-state index in [-0.39, 0.29) is 16.7 Å². The molecular weight excluding hydrogens is 254 g/mol. The van der Waals surface area contributed by atoms with Crippen LogP contribution in [0.5, 0.6) is 17.4 Å². The molecule has 94 valence electrons. The molecule has 2 N–H and O–H groups in total. The first-order chi connectivity index (χ1) is 8.70. The number of hydrogen-bond donors (Lipinski definition) is 1. The highest BCUT2D eigenvalue weighted by Crippen LogP contribution is 2.29. The van der Waals surface area contributed by atoms with Crippen LogP contribution >= 0.6 is 11.6 Å². The van der Waals surface area contributed by atoms with E-state index >= 15 is 0 Å². The summed E-state index contributed by atoms with van der Waals surface area (Å²) in [6.07, 6.45) is 1.29. The lowest BCUT2D eigenvalue weighted by Crippen LogP contribution is -1.97. The third-order valence-electron chi connectivity index (χ3n) is 2.15. The highest BCUT2D eigenvalue weighted by atomic mass is 35.5. The van der Waals surface area contributed by atoms with Gasteiger partial charge in [0.15, 0.2) is 5.15 Å². The van der Waals surface area contributed by atoms with E-state index in [1.165, 1.54) is 6.33 Å². The van der Waals surface area contributed by atoms with E-state index in [4.69, 9.17) is 26.8 Å². The molecule has 0 aliphatic rings. The fourth-order valence-electron chi connectivity index (χ4n) is 1.32. The molecule has 0 saturated carbocycles. The standard InChI is InChI=1S/C12H12ClN3O2/c1-2-17-8-3-5-9(6-4-8)18-12-10(14)11(13)15-7-16-12/h3-7H,2,14H2,1H3. The predicted molar refractivity (Wildman–Crippen MR) is 69.1 cm³/mol. The predicted octanol–water partition coefficient (Wildman–Crippen LogP) is 2.90. The molecule has 2 aromatic rings. The van der Waals surface area contributed by atoms with Gasteiger partial charge in [0.05, 0.1) is 6.61 Å². The van der Waals surface area contributed by atoms with E-state index in [1.54, 1.807) is 24.3 Å². The first kappa shape index (κ1) is 12.4. The normalized spacial score (nSPS) is 10.1. The summed E-state index contributed by atoms with van der Waals surface area (Å²) >= 11 is 5.77. The first-order valence-electron chi connectivity index (χ1n) is 5.37. The number of halogens is 1. The summed E-state index contributed by atoms with van der Waals surface area (Å²) < 4.78 is 10.8. The van der Waals surface area contributed by atoms with Gasteiger partial charge in [-0.1, -0.05) is 11.6 Å². The first-order valence-corrected chi connectivity index (χ1v) is 5.75. The maximum atomic E-state index is 5.77. The minimum atomic E-state index is 0.172. The minimum Gasteiger partial charge on any atom is -0.494 e. The van der Waals surface area contributed by atoms with Gasteiger partial charge in [-0.15, -0.1) is 0 Å². The number of nitrogen functional groups attached to an aromatic ring is 1. The molecule has 0 aliphatic heterocycles. The van der Waals surface area contributed by atoms with Gasteiger partial charge in [-0.3, -0.25) is 0 Å². The van der Waals surface area contributed by atoms with Crippen LogP contribution in [0, 0.1) is 0 Å². The number of ether oxygens (including phenoxy) is 2. The van der Waals surface area contributed by atoms with Crippen molar-refractivity contribution in [3.8, 4) is 17.4 Å². The molecule has 0 saturated heterocycles. The van der Waals surface area contributed by atoms with E-state index in [9.17, 15) is 0 Å². The Morgan fingerprint density at radius 2 is 1.83 bits per heavy atom. The molecule has 0 bridgehead atoms. The maximum absolute atomic E-state index is 5.77. The van der Waals surface area contributed by atoms with Gasteiger partial charge >= 0.3 is 0 Å². The molecule has 0 aliphatic carbocycles. The summed E-state index contributed by atoms with van der Waals surface area (Å²) in [4.78, 5) is 7.67. The Hall–Kier alpha value is -2.01. The van der Waals surface area contributed by atoms with Crippen molar-refractivity contribution in [1.29, 1.82) is 0 Å². The Kier molecular flexibility index (Phi) is 3.84. The fraction of sp³-hybridized carbons (Fsp3) is 0.167. The second-order valence-corrected chi connectivity index (χ2v) is 3.75. The zero-order valence-electron chi connectivity index (χ0n) is 9.76. The van der Waals surface area contributed by atoms with Gasteiger partial charge in [-0.05, 0) is 31.2 Å². The van der Waals surface area contributed by atoms with Gasteiger partial charge in [0.1, 0.15) is 23.5 Å². The largest absolute Gasteiger partial charge is 0.494 e. The summed E-state index contributed by atoms with van der Waals surface area (Å²) in [5, 5.41) is 0.172. The van der Waals surface area contributed by atoms with Crippen LogP contribution in [-0.4, -0.2) is 16.6 Å². The van der Waals surface area contributed by atoms with Crippen LogP contribution in [0.4, 0.5) is 5.69 Å². The van der Waals surface area contributed by atoms with Crippen LogP contribution in [-0.2, 0) is 0 Å². The Labute approximate surface area is 110 Å². The van der Waals surface area contributed by atoms with Crippen molar-refractivity contribution in [3.05, 3.63) is 35.7 Å². The molecule has 1 aromatic heterocycles. The third-order valence-corrected chi connectivity index (χ3v) is 2.45. The number of anilines is 1. The van der Waals surface area contributed by atoms with Crippen LogP contribution in [0.3, 0.4) is 0 Å². The van der Waals surface area contributed by atoms with Gasteiger partial charge in [-0.25, -0.2) is 4.98 Å². The van der Waals surface area contributed by atoms with Crippen molar-refractivity contribution in [2.45, 2.75) is 6.92 Å². The van der Waals surface area contributed by atoms with Gasteiger partial charge in [0, 0.05) is 0 Å². The van der Waals surface area contributed by atoms with Gasteiger partial charge < -0.3 is 15.2 Å². The number of nitrogens with zero attached hydrogens (tertiary/aromatic N) is 2. The molecular formula is C12H12ClN3O2. The van der Waals surface area contributed by atoms with E-state index in [2.05, 4.69) is 9.97 Å². The van der Waals surface area contributed by atoms with E-state index < -0.39 is 0 Å². The molecule has 18 heavy (non-hydrogen) atoms. The molecule has 2 rings (SSSR count). The van der Waals surface area contributed by atoms with Crippen LogP contribution < -0.4 is 15.2 Å². The van der Waals surface area contributed by atoms with Gasteiger partial charge in [0.25, 0.3) is 0 Å². The molecule has 0 spiro atoms. The van der Waals surface area contributed by atoms with Crippen molar-refractivity contribution >= 4 is 17.3 Å². The SMILES string of the molecule is CCOc1ccc(Oc2ncnc(Cl)c2N)cc1. The molecule has 5 nitrogen and oxygen atoms in total. The monoisotopic (exact) mass is 265 g/mol. The van der Waals surface area contributed by atoms with Gasteiger partial charge in [0.2, 0.25) is 5.88 Å². The fourth-order valence-corrected chi connectivity index (χ4v) is 1.45. The second kappa shape index (κ2) is 5.55. The molecule has 1 heterocycles. The molecule has 0 radical (unpaired) electrons. The van der Waals surface area contributed by atoms with E-state index in [1.807, 2.05) is 6.92 Å². The van der Waals surface area contributed by atoms with Gasteiger partial charge in [-0.2, -0.15) is 4.98 Å². The van der Waals surface area contributed by atoms with Crippen molar-refractivity contribution in [2.75, 3.05) is 12.3 Å². The zero-order valence-corrected chi connectivity index (χ0v) is 10.5. The van der Waals surface area contributed by atoms with Crippen LogP contribution in [0.15, 0.2) is 30.6 Å². The maximum Gasteiger partial charge on any atom is 0.247 e. The highest BCUT2D eigenvalue weighted by molar-refractivity contribution is 6.32. The third kappa shape index (κ3) is 2.81. The van der Waals surface area contributed by atoms with Crippen LogP contribution in [0.2, 0.25) is 5.15 Å². The molecule has 0 amide bonds. The quantitative estimate of drug-likeness (QED) is 0.861. The molecule has 0 atom stereocenters. The lowest BCUT2D eigenvalue weighted by molar-refractivity contribution is 0.339. The molecule has 6 heteroatoms. The smallest absolute Gasteiger partial charge is 0.247 e. The lowest BCUT2D eigenvalue weighted by atomic mass is 10.3. The Bertz CT molecular complexity index is 531. The summed E-state index contributed by atoms with van der Waals surface area (Å²) in [7, 11) is 0. The summed E-state index contributed by atoms with van der Waals surface area (Å²) in [5.74, 6) is 1.61. The van der Waals surface area contributed by atoms with Crippen LogP contribution in [0.25, 0.3) is 0 Å². The van der Waals surface area contributed by atoms with Crippen LogP contribution in [0.1, 0.15) is 6.92 Å². The second-order valence-electron chi connectivity index (χ2n) is 3.39. The van der Waals surface area contributed by atoms with Crippen molar-refractivity contribution in [2.24, 2.45) is 0 Å². The summed E-state index contributed by atoms with van der Waals surface area (Å²) in [6.45, 7) is 2.54. The molecule has 0 fully saturated rings. The average Bonchev–Trinajstić information content (AvgIpc) is 2.38. The van der Waals surface area contributed by atoms with Crippen molar-refractivity contribution in [1.82, 2.24) is 9.97 Å². The summed E-state index contributed by atoms with van der Waals surface area (Å²) in [6, 6.07) is 7.14. The Morgan fingerprint density at radius 1 is 1.17 bits per heavy atom. The molecule has 0 unspecified atom stereocenters. The number of rotatable bonds is 4. The number of benzene rings is 1. The average molecular weight is 266 g/mol. The van der Waals surface area contributed by atoms with E-state index in [0.717, 1.165) is 5.75 Å². The van der Waals surface area contributed by atoms with E-state index in [0.29, 0.717) is 12.4 Å². The topological polar surface area (TPSA) is 70.3 Å². The van der Waals surface area contributed by atoms with Crippen molar-refractivity contribution < 1.29 is 9.47 Å². The molecule has 1 aromatic carbocycles. The van der Waals surface area contributed by atoms with Crippen molar-refractivity contribution in [3.63, 3.8) is 0 Å². The Morgan fingerprint density at radius 3 is 2.50 bits per heavy atom. The number of hydrogen-bond acceptors (Lipinski definition) is 5. The zero-order chi connectivity index (χ0) is 13.0. The number of aromatic nitrogens is 2. The lowest BCUT2D eigenvalue weighted by Gasteiger charge is -2.08. The Balaban J connectivity index is 2.16. The number of nitrogens with two attached hydrogens (primary N) is 1. The minimum absolute atomic E-state index is 0.172. The highest BCUT2D eigenvalue weighted by Gasteiger charge is 2.08.